The van der Waals surface area contributed by atoms with Crippen molar-refractivity contribution in [2.24, 2.45) is 11.8 Å². The number of carbonyl (C=O) groups excluding carboxylic acids is 3. The van der Waals surface area contributed by atoms with Crippen LogP contribution < -0.4 is 0 Å². The first-order valence-electron chi connectivity index (χ1n) is 7.81. The molecule has 0 bridgehead atoms. The van der Waals surface area contributed by atoms with Gasteiger partial charge in [-0.05, 0) is 18.4 Å². The van der Waals surface area contributed by atoms with E-state index in [1.54, 1.807) is 6.92 Å². The fourth-order valence-electron chi connectivity index (χ4n) is 2.12. The van der Waals surface area contributed by atoms with Gasteiger partial charge in [0.1, 0.15) is 18.8 Å². The summed E-state index contributed by atoms with van der Waals surface area (Å²) in [5, 5.41) is 0. The summed E-state index contributed by atoms with van der Waals surface area (Å²) in [7, 11) is 0. The Morgan fingerprint density at radius 2 is 1.70 bits per heavy atom. The molecular weight excluding hydrogens is 296 g/mol. The fourth-order valence-corrected chi connectivity index (χ4v) is 2.12. The highest BCUT2D eigenvalue weighted by Crippen LogP contribution is 2.19. The maximum Gasteiger partial charge on any atom is 0.313 e. The average molecular weight is 320 g/mol. The molecule has 1 aromatic carbocycles. The highest BCUT2D eigenvalue weighted by molar-refractivity contribution is 5.97. The van der Waals surface area contributed by atoms with Crippen LogP contribution in [0.5, 0.6) is 0 Å². The number of carbonyl (C=O) groups is 3. The molecule has 0 radical (unpaired) electrons. The van der Waals surface area contributed by atoms with Crippen molar-refractivity contribution in [2.75, 3.05) is 6.61 Å². The molecule has 0 N–H and O–H groups in total. The van der Waals surface area contributed by atoms with Crippen LogP contribution in [0.1, 0.15) is 39.2 Å². The molecule has 126 valence electrons. The topological polar surface area (TPSA) is 69.7 Å². The third-order valence-electron chi connectivity index (χ3n) is 3.43. The molecule has 1 atom stereocenters. The maximum absolute atomic E-state index is 12.2. The quantitative estimate of drug-likeness (QED) is 0.517. The first-order valence-corrected chi connectivity index (χ1v) is 7.81. The molecule has 23 heavy (non-hydrogen) atoms. The second-order valence-corrected chi connectivity index (χ2v) is 5.67. The lowest BCUT2D eigenvalue weighted by Crippen LogP contribution is -2.26. The summed E-state index contributed by atoms with van der Waals surface area (Å²) in [6.07, 6.45) is -0.312. The molecule has 0 aliphatic rings. The molecule has 1 aromatic rings. The molecule has 0 heterocycles. The normalized spacial score (nSPS) is 11.8. The maximum atomic E-state index is 12.2. The van der Waals surface area contributed by atoms with Crippen molar-refractivity contribution in [1.82, 2.24) is 0 Å². The van der Waals surface area contributed by atoms with Crippen molar-refractivity contribution in [3.63, 3.8) is 0 Å². The summed E-state index contributed by atoms with van der Waals surface area (Å²) in [5.41, 5.74) is 0.890. The second-order valence-electron chi connectivity index (χ2n) is 5.67. The number of ketones is 1. The molecule has 5 nitrogen and oxygen atoms in total. The Morgan fingerprint density at radius 1 is 1.04 bits per heavy atom. The summed E-state index contributed by atoms with van der Waals surface area (Å²) in [6, 6.07) is 9.35. The van der Waals surface area contributed by atoms with Crippen LogP contribution in [0, 0.1) is 11.8 Å². The van der Waals surface area contributed by atoms with Crippen molar-refractivity contribution < 1.29 is 23.9 Å². The second kappa shape index (κ2) is 9.77. The largest absolute Gasteiger partial charge is 0.466 e. The van der Waals surface area contributed by atoms with Gasteiger partial charge in [-0.25, -0.2) is 0 Å². The molecule has 0 unspecified atom stereocenters. The number of rotatable bonds is 9. The van der Waals surface area contributed by atoms with Gasteiger partial charge in [0.2, 0.25) is 0 Å². The summed E-state index contributed by atoms with van der Waals surface area (Å²) < 4.78 is 10.0. The molecule has 0 aliphatic heterocycles. The first-order chi connectivity index (χ1) is 10.9. The zero-order valence-corrected chi connectivity index (χ0v) is 13.9. The number of Topliss-reactive ketones (excluding diaryl/α,β-unsaturated/α-hetero) is 1. The van der Waals surface area contributed by atoms with E-state index in [9.17, 15) is 14.4 Å². The third kappa shape index (κ3) is 7.08. The summed E-state index contributed by atoms with van der Waals surface area (Å²) in [4.78, 5) is 35.5. The van der Waals surface area contributed by atoms with E-state index in [1.165, 1.54) is 0 Å². The predicted molar refractivity (Wildman–Crippen MR) is 85.4 cm³/mol. The Morgan fingerprint density at radius 3 is 2.26 bits per heavy atom. The molecule has 0 saturated heterocycles. The van der Waals surface area contributed by atoms with E-state index in [0.717, 1.165) is 5.56 Å². The molecule has 5 heteroatoms. The average Bonchev–Trinajstić information content (AvgIpc) is 2.51. The van der Waals surface area contributed by atoms with Gasteiger partial charge < -0.3 is 9.47 Å². The lowest BCUT2D eigenvalue weighted by Gasteiger charge is -2.18. The van der Waals surface area contributed by atoms with E-state index in [-0.39, 0.29) is 37.8 Å². The van der Waals surface area contributed by atoms with Crippen LogP contribution >= 0.6 is 0 Å². The van der Waals surface area contributed by atoms with Gasteiger partial charge in [0.25, 0.3) is 0 Å². The van der Waals surface area contributed by atoms with Gasteiger partial charge in [-0.1, -0.05) is 44.2 Å². The summed E-state index contributed by atoms with van der Waals surface area (Å²) in [6.45, 7) is 5.80. The minimum absolute atomic E-state index is 0.00982. The number of ether oxygens (including phenoxy) is 2. The van der Waals surface area contributed by atoms with Crippen LogP contribution in [0.3, 0.4) is 0 Å². The van der Waals surface area contributed by atoms with Crippen molar-refractivity contribution in [3.8, 4) is 0 Å². The van der Waals surface area contributed by atoms with E-state index in [1.807, 2.05) is 44.2 Å². The van der Waals surface area contributed by atoms with Crippen molar-refractivity contribution in [3.05, 3.63) is 35.9 Å². The van der Waals surface area contributed by atoms with E-state index in [4.69, 9.17) is 9.47 Å². The van der Waals surface area contributed by atoms with Gasteiger partial charge in [0.05, 0.1) is 12.5 Å². The minimum atomic E-state index is -0.558. The Kier molecular flexibility index (Phi) is 8.02. The van der Waals surface area contributed by atoms with Gasteiger partial charge in [-0.15, -0.1) is 0 Å². The lowest BCUT2D eigenvalue weighted by atomic mass is 9.90. The Labute approximate surface area is 137 Å². The van der Waals surface area contributed by atoms with E-state index in [0.29, 0.717) is 0 Å². The first kappa shape index (κ1) is 18.9. The molecule has 0 spiro atoms. The zero-order chi connectivity index (χ0) is 17.2. The van der Waals surface area contributed by atoms with Crippen LogP contribution in [0.15, 0.2) is 30.3 Å². The molecular formula is C18H24O5. The lowest BCUT2D eigenvalue weighted by molar-refractivity contribution is -0.154. The molecule has 0 aromatic heterocycles. The van der Waals surface area contributed by atoms with Gasteiger partial charge in [0, 0.05) is 6.42 Å². The van der Waals surface area contributed by atoms with Crippen molar-refractivity contribution >= 4 is 17.7 Å². The van der Waals surface area contributed by atoms with Crippen LogP contribution in [0.2, 0.25) is 0 Å². The zero-order valence-electron chi connectivity index (χ0n) is 13.9. The fraction of sp³-hybridized carbons (Fsp3) is 0.500. The molecule has 0 amide bonds. The number of esters is 2. The smallest absolute Gasteiger partial charge is 0.313 e. The Hall–Kier alpha value is -2.17. The third-order valence-corrected chi connectivity index (χ3v) is 3.43. The number of benzene rings is 1. The van der Waals surface area contributed by atoms with Crippen LogP contribution in [0.4, 0.5) is 0 Å². The Bertz CT molecular complexity index is 521. The number of hydrogen-bond donors (Lipinski definition) is 0. The van der Waals surface area contributed by atoms with E-state index < -0.39 is 17.9 Å². The monoisotopic (exact) mass is 320 g/mol. The molecule has 1 rings (SSSR count). The van der Waals surface area contributed by atoms with E-state index >= 15 is 0 Å². The molecule has 0 fully saturated rings. The van der Waals surface area contributed by atoms with Crippen LogP contribution in [-0.2, 0) is 30.5 Å². The summed E-state index contributed by atoms with van der Waals surface area (Å²) >= 11 is 0. The van der Waals surface area contributed by atoms with Gasteiger partial charge in [-0.3, -0.25) is 14.4 Å². The Balaban J connectivity index is 2.54. The highest BCUT2D eigenvalue weighted by atomic mass is 16.5. The predicted octanol–water partition coefficient (Wildman–Crippen LogP) is 2.91. The van der Waals surface area contributed by atoms with Crippen molar-refractivity contribution in [1.29, 1.82) is 0 Å². The minimum Gasteiger partial charge on any atom is -0.466 e. The van der Waals surface area contributed by atoms with Gasteiger partial charge in [0.15, 0.2) is 0 Å². The van der Waals surface area contributed by atoms with Gasteiger partial charge >= 0.3 is 11.9 Å². The highest BCUT2D eigenvalue weighted by Gasteiger charge is 2.27. The van der Waals surface area contributed by atoms with Crippen molar-refractivity contribution in [2.45, 2.75) is 40.2 Å². The summed E-state index contributed by atoms with van der Waals surface area (Å²) in [5.74, 6) is -1.89. The SMILES string of the molecule is CCOC(=O)CC(=O)C[C@H](C(=O)OCc1ccccc1)C(C)C. The standard InChI is InChI=1S/C18H24O5/c1-4-22-17(20)11-15(19)10-16(13(2)3)18(21)23-12-14-8-6-5-7-9-14/h5-9,13,16H,4,10-12H2,1-3H3/t16-/m0/s1. The number of hydrogen-bond acceptors (Lipinski definition) is 5. The van der Waals surface area contributed by atoms with E-state index in [2.05, 4.69) is 0 Å². The molecule has 0 saturated carbocycles. The van der Waals surface area contributed by atoms with Crippen LogP contribution in [0.25, 0.3) is 0 Å². The van der Waals surface area contributed by atoms with Gasteiger partial charge in [-0.2, -0.15) is 0 Å². The molecule has 0 aliphatic carbocycles. The van der Waals surface area contributed by atoms with Crippen LogP contribution in [-0.4, -0.2) is 24.3 Å².